The summed E-state index contributed by atoms with van der Waals surface area (Å²) in [5, 5.41) is 0. The van der Waals surface area contributed by atoms with E-state index in [4.69, 9.17) is 0 Å². The summed E-state index contributed by atoms with van der Waals surface area (Å²) in [7, 11) is 0. The molecule has 0 nitrogen and oxygen atoms in total. The third-order valence-electron chi connectivity index (χ3n) is 0.938. The van der Waals surface area contributed by atoms with Crippen molar-refractivity contribution in [1.82, 2.24) is 0 Å². The van der Waals surface area contributed by atoms with Crippen LogP contribution in [-0.2, 0) is 0 Å². The van der Waals surface area contributed by atoms with Crippen molar-refractivity contribution in [1.29, 1.82) is 0 Å². The quantitative estimate of drug-likeness (QED) is 0.551. The van der Waals surface area contributed by atoms with Gasteiger partial charge in [-0.3, -0.25) is 0 Å². The highest BCUT2D eigenvalue weighted by atomic mass is 127. The molecule has 1 rings (SSSR count). The molecule has 0 spiro atoms. The Bertz CT molecular complexity index is 204. The largest absolute Gasteiger partial charge is 0.141 e. The molecule has 0 unspecified atom stereocenters. The summed E-state index contributed by atoms with van der Waals surface area (Å²) in [5.74, 6) is 0. The zero-order valence-electron chi connectivity index (χ0n) is 4.44. The van der Waals surface area contributed by atoms with Crippen LogP contribution >= 0.6 is 51.1 Å². The molecular formula is C6H4BrIS. The van der Waals surface area contributed by atoms with Crippen molar-refractivity contribution in [3.8, 4) is 0 Å². The molecule has 48 valence electrons. The fraction of sp³-hybridized carbons (Fsp3) is 0. The van der Waals surface area contributed by atoms with Crippen LogP contribution in [0.2, 0.25) is 0 Å². The van der Waals surface area contributed by atoms with E-state index in [2.05, 4.69) is 51.1 Å². The van der Waals surface area contributed by atoms with Crippen molar-refractivity contribution in [2.24, 2.45) is 0 Å². The lowest BCUT2D eigenvalue weighted by Gasteiger charge is -1.96. The molecule has 3 heteroatoms. The predicted octanol–water partition coefficient (Wildman–Crippen LogP) is 3.34. The lowest BCUT2D eigenvalue weighted by atomic mass is 10.4. The maximum atomic E-state index is 4.26. The van der Waals surface area contributed by atoms with Gasteiger partial charge in [0.05, 0.1) is 0 Å². The summed E-state index contributed by atoms with van der Waals surface area (Å²) in [4.78, 5) is 1.01. The molecule has 0 fully saturated rings. The maximum absolute atomic E-state index is 4.26. The number of hydrogen-bond acceptors (Lipinski definition) is 1. The van der Waals surface area contributed by atoms with E-state index >= 15 is 0 Å². The normalized spacial score (nSPS) is 9.67. The summed E-state index contributed by atoms with van der Waals surface area (Å²) in [5.41, 5.74) is 0. The van der Waals surface area contributed by atoms with Gasteiger partial charge in [-0.2, -0.15) is 0 Å². The standard InChI is InChI=1S/C6H4BrIS/c7-4-2-1-3-5(8)6(4)9/h1-3,9H. The van der Waals surface area contributed by atoms with Gasteiger partial charge in [0, 0.05) is 12.9 Å². The zero-order valence-corrected chi connectivity index (χ0v) is 9.07. The highest BCUT2D eigenvalue weighted by molar-refractivity contribution is 14.1. The molecule has 0 aliphatic heterocycles. The Morgan fingerprint density at radius 2 is 2.11 bits per heavy atom. The third-order valence-corrected chi connectivity index (χ3v) is 3.71. The minimum absolute atomic E-state index is 1.01. The van der Waals surface area contributed by atoms with Crippen molar-refractivity contribution in [2.75, 3.05) is 0 Å². The van der Waals surface area contributed by atoms with Gasteiger partial charge in [-0.05, 0) is 50.7 Å². The van der Waals surface area contributed by atoms with Gasteiger partial charge in [-0.15, -0.1) is 12.6 Å². The van der Waals surface area contributed by atoms with E-state index in [1.54, 1.807) is 0 Å². The number of halogens is 2. The number of benzene rings is 1. The molecule has 0 aliphatic carbocycles. The van der Waals surface area contributed by atoms with Gasteiger partial charge in [0.2, 0.25) is 0 Å². The van der Waals surface area contributed by atoms with Crippen molar-refractivity contribution >= 4 is 51.1 Å². The second kappa shape index (κ2) is 3.25. The second-order valence-electron chi connectivity index (χ2n) is 1.57. The van der Waals surface area contributed by atoms with Crippen LogP contribution in [0.25, 0.3) is 0 Å². The van der Waals surface area contributed by atoms with Gasteiger partial charge in [0.1, 0.15) is 0 Å². The summed E-state index contributed by atoms with van der Waals surface area (Å²) in [6.45, 7) is 0. The third kappa shape index (κ3) is 1.85. The summed E-state index contributed by atoms with van der Waals surface area (Å²) in [6.07, 6.45) is 0. The minimum atomic E-state index is 1.01. The van der Waals surface area contributed by atoms with Crippen molar-refractivity contribution in [2.45, 2.75) is 4.90 Å². The zero-order chi connectivity index (χ0) is 6.85. The van der Waals surface area contributed by atoms with E-state index in [9.17, 15) is 0 Å². The highest BCUT2D eigenvalue weighted by Gasteiger charge is 1.96. The fourth-order valence-electron chi connectivity index (χ4n) is 0.489. The van der Waals surface area contributed by atoms with Gasteiger partial charge in [0.15, 0.2) is 0 Å². The topological polar surface area (TPSA) is 0 Å². The lowest BCUT2D eigenvalue weighted by molar-refractivity contribution is 1.37. The Labute approximate surface area is 81.7 Å². The highest BCUT2D eigenvalue weighted by Crippen LogP contribution is 2.24. The van der Waals surface area contributed by atoms with Gasteiger partial charge in [-0.25, -0.2) is 0 Å². The Morgan fingerprint density at radius 1 is 1.44 bits per heavy atom. The smallest absolute Gasteiger partial charge is 0.0319 e. The van der Waals surface area contributed by atoms with Gasteiger partial charge in [-0.1, -0.05) is 6.07 Å². The molecule has 0 aliphatic rings. The molecule has 0 radical (unpaired) electrons. The van der Waals surface area contributed by atoms with E-state index in [1.807, 2.05) is 18.2 Å². The average molecular weight is 315 g/mol. The first-order valence-corrected chi connectivity index (χ1v) is 4.66. The monoisotopic (exact) mass is 314 g/mol. The van der Waals surface area contributed by atoms with Gasteiger partial charge in [0.25, 0.3) is 0 Å². The van der Waals surface area contributed by atoms with Crippen LogP contribution in [0.5, 0.6) is 0 Å². The molecule has 0 heterocycles. The van der Waals surface area contributed by atoms with E-state index in [-0.39, 0.29) is 0 Å². The Hall–Kier alpha value is 0.780. The molecule has 1 aromatic carbocycles. The van der Waals surface area contributed by atoms with E-state index < -0.39 is 0 Å². The van der Waals surface area contributed by atoms with Crippen molar-refractivity contribution in [3.05, 3.63) is 26.2 Å². The Morgan fingerprint density at radius 3 is 2.56 bits per heavy atom. The predicted molar refractivity (Wildman–Crippen MR) is 54.1 cm³/mol. The first-order valence-electron chi connectivity index (χ1n) is 2.35. The first kappa shape index (κ1) is 7.88. The van der Waals surface area contributed by atoms with E-state index in [1.165, 1.54) is 3.57 Å². The van der Waals surface area contributed by atoms with Gasteiger partial charge < -0.3 is 0 Å². The second-order valence-corrected chi connectivity index (χ2v) is 4.03. The van der Waals surface area contributed by atoms with Crippen LogP contribution in [0.4, 0.5) is 0 Å². The maximum Gasteiger partial charge on any atom is 0.0319 e. The van der Waals surface area contributed by atoms with Crippen LogP contribution in [0.15, 0.2) is 27.6 Å². The van der Waals surface area contributed by atoms with E-state index in [0.29, 0.717) is 0 Å². The van der Waals surface area contributed by atoms with Crippen molar-refractivity contribution in [3.63, 3.8) is 0 Å². The summed E-state index contributed by atoms with van der Waals surface area (Å²) < 4.78 is 2.23. The molecule has 0 saturated carbocycles. The minimum Gasteiger partial charge on any atom is -0.141 e. The molecule has 0 amide bonds. The Balaban J connectivity index is 3.25. The van der Waals surface area contributed by atoms with Crippen LogP contribution in [0.3, 0.4) is 0 Å². The average Bonchev–Trinajstić information content (AvgIpc) is 1.83. The number of hydrogen-bond donors (Lipinski definition) is 1. The van der Waals surface area contributed by atoms with Crippen LogP contribution in [0, 0.1) is 3.57 Å². The van der Waals surface area contributed by atoms with Crippen LogP contribution in [-0.4, -0.2) is 0 Å². The lowest BCUT2D eigenvalue weighted by Crippen LogP contribution is -1.74. The molecule has 0 aromatic heterocycles. The number of thiol groups is 1. The molecule has 9 heavy (non-hydrogen) atoms. The summed E-state index contributed by atoms with van der Waals surface area (Å²) >= 11 is 9.87. The van der Waals surface area contributed by atoms with Crippen LogP contribution < -0.4 is 0 Å². The number of rotatable bonds is 0. The fourth-order valence-corrected chi connectivity index (χ4v) is 1.87. The molecule has 1 aromatic rings. The summed E-state index contributed by atoms with van der Waals surface area (Å²) in [6, 6.07) is 5.99. The first-order chi connectivity index (χ1) is 4.22. The molecule has 0 atom stereocenters. The molecule has 0 saturated heterocycles. The van der Waals surface area contributed by atoms with Gasteiger partial charge >= 0.3 is 0 Å². The van der Waals surface area contributed by atoms with Crippen molar-refractivity contribution < 1.29 is 0 Å². The Kier molecular flexibility index (Phi) is 2.85. The molecular weight excluding hydrogens is 311 g/mol. The molecule has 0 N–H and O–H groups in total. The van der Waals surface area contributed by atoms with E-state index in [0.717, 1.165) is 9.37 Å². The molecule has 0 bridgehead atoms. The SMILES string of the molecule is Sc1c(Br)cccc1I. The van der Waals surface area contributed by atoms with Crippen LogP contribution in [0.1, 0.15) is 0 Å².